The fourth-order valence-electron chi connectivity index (χ4n) is 7.88. The first-order chi connectivity index (χ1) is 24.5. The summed E-state index contributed by atoms with van der Waals surface area (Å²) in [5, 5.41) is 21.9. The molecule has 2 fully saturated rings. The van der Waals surface area contributed by atoms with E-state index in [2.05, 4.69) is 17.0 Å². The second-order valence-electron chi connectivity index (χ2n) is 13.3. The van der Waals surface area contributed by atoms with Crippen molar-refractivity contribution in [3.8, 4) is 34.9 Å². The number of thiophene rings is 1. The number of likely N-dealkylation sites (tertiary alicyclic amines) is 2. The molecule has 7 rings (SSSR count). The van der Waals surface area contributed by atoms with Crippen LogP contribution in [0.1, 0.15) is 50.2 Å². The Bertz CT molecular complexity index is 2130. The molecule has 1 amide bonds. The number of nitriles is 2. The van der Waals surface area contributed by atoms with Crippen LogP contribution in [0.3, 0.4) is 0 Å². The fraction of sp³-hybridized carbons (Fsp3) is 0.444. The van der Waals surface area contributed by atoms with Gasteiger partial charge >= 0.3 is 6.43 Å². The van der Waals surface area contributed by atoms with E-state index in [1.165, 1.54) is 17.0 Å². The van der Waals surface area contributed by atoms with Gasteiger partial charge in [0.15, 0.2) is 0 Å². The molecule has 3 atom stereocenters. The van der Waals surface area contributed by atoms with Gasteiger partial charge in [-0.25, -0.2) is 9.37 Å². The van der Waals surface area contributed by atoms with Gasteiger partial charge in [0, 0.05) is 42.7 Å². The number of benzene rings is 2. The van der Waals surface area contributed by atoms with Crippen LogP contribution in [0.4, 0.5) is 23.9 Å². The number of anilines is 2. The number of aromatic nitrogens is 1. The molecule has 51 heavy (non-hydrogen) atoms. The summed E-state index contributed by atoms with van der Waals surface area (Å²) in [5.41, 5.74) is 8.09. The van der Waals surface area contributed by atoms with E-state index in [-0.39, 0.29) is 69.3 Å². The smallest absolute Gasteiger partial charge is 0.315 e. The molecule has 3 aliphatic rings. The lowest BCUT2D eigenvalue weighted by Gasteiger charge is -2.42. The summed E-state index contributed by atoms with van der Waals surface area (Å²) in [5.74, 6) is -1.43. The van der Waals surface area contributed by atoms with Crippen LogP contribution in [0.15, 0.2) is 18.2 Å². The topological polar surface area (TPSA) is 132 Å². The minimum Gasteiger partial charge on any atom is -0.491 e. The van der Waals surface area contributed by atoms with Crippen molar-refractivity contribution in [3.05, 3.63) is 40.2 Å². The number of nitrogen functional groups attached to an aromatic ring is 1. The Kier molecular flexibility index (Phi) is 9.52. The highest BCUT2D eigenvalue weighted by Gasteiger charge is 2.37. The molecule has 10 nitrogen and oxygen atoms in total. The third-order valence-corrected chi connectivity index (χ3v) is 11.7. The molecular weight excluding hydrogens is 703 g/mol. The number of pyridine rings is 1. The quantitative estimate of drug-likeness (QED) is 0.224. The van der Waals surface area contributed by atoms with Crippen LogP contribution >= 0.6 is 22.9 Å². The molecule has 5 heterocycles. The van der Waals surface area contributed by atoms with Gasteiger partial charge < -0.3 is 25.0 Å². The summed E-state index contributed by atoms with van der Waals surface area (Å²) in [6.07, 6.45) is 0.0131. The summed E-state index contributed by atoms with van der Waals surface area (Å²) < 4.78 is 55.3. The Balaban J connectivity index is 1.48. The van der Waals surface area contributed by atoms with Crippen molar-refractivity contribution in [3.63, 3.8) is 0 Å². The Labute approximate surface area is 301 Å². The van der Waals surface area contributed by atoms with Crippen molar-refractivity contribution < 1.29 is 27.4 Å². The Morgan fingerprint density at radius 3 is 2.59 bits per heavy atom. The zero-order chi connectivity index (χ0) is 36.1. The predicted octanol–water partition coefficient (Wildman–Crippen LogP) is 6.94. The zero-order valence-electron chi connectivity index (χ0n) is 28.0. The Hall–Kier alpha value is -4.50. The number of halogens is 4. The number of ether oxygens (including phenoxy) is 2. The minimum absolute atomic E-state index is 0.0450. The van der Waals surface area contributed by atoms with E-state index in [0.29, 0.717) is 58.9 Å². The molecule has 0 radical (unpaired) electrons. The number of fused-ring (bicyclic) bond motifs is 1. The van der Waals surface area contributed by atoms with Gasteiger partial charge in [0.25, 0.3) is 5.91 Å². The van der Waals surface area contributed by atoms with Crippen molar-refractivity contribution in [2.24, 2.45) is 0 Å². The average molecular weight is 738 g/mol. The third kappa shape index (κ3) is 6.03. The fourth-order valence-corrected chi connectivity index (χ4v) is 9.13. The number of alkyl halides is 2. The first kappa shape index (κ1) is 34.9. The first-order valence-corrected chi connectivity index (χ1v) is 18.1. The molecule has 2 aromatic carbocycles. The number of piperidine rings is 1. The lowest BCUT2D eigenvalue weighted by atomic mass is 9.94. The maximum atomic E-state index is 15.1. The first-order valence-electron chi connectivity index (χ1n) is 16.9. The highest BCUT2D eigenvalue weighted by atomic mass is 35.5. The maximum absolute atomic E-state index is 15.1. The largest absolute Gasteiger partial charge is 0.491 e. The average Bonchev–Trinajstić information content (AvgIpc) is 3.70. The number of amides is 1. The highest BCUT2D eigenvalue weighted by Crippen LogP contribution is 2.51. The van der Waals surface area contributed by atoms with Crippen LogP contribution in [0, 0.1) is 28.5 Å². The lowest BCUT2D eigenvalue weighted by molar-refractivity contribution is -0.144. The Morgan fingerprint density at radius 2 is 1.88 bits per heavy atom. The molecule has 0 aliphatic carbocycles. The van der Waals surface area contributed by atoms with Crippen molar-refractivity contribution in [2.45, 2.75) is 63.6 Å². The molecule has 0 saturated carbocycles. The van der Waals surface area contributed by atoms with E-state index in [1.807, 2.05) is 18.9 Å². The third-order valence-electron chi connectivity index (χ3n) is 10.3. The number of nitrogens with two attached hydrogens (primary N) is 1. The van der Waals surface area contributed by atoms with Crippen LogP contribution in [0.2, 0.25) is 5.02 Å². The minimum atomic E-state index is -3.13. The lowest BCUT2D eigenvalue weighted by Crippen LogP contribution is -2.52. The molecule has 2 aromatic heterocycles. The molecule has 3 aliphatic heterocycles. The van der Waals surface area contributed by atoms with Gasteiger partial charge in [0.05, 0.1) is 38.5 Å². The number of nitrogens with zero attached hydrogens (tertiary/aromatic N) is 6. The van der Waals surface area contributed by atoms with Crippen molar-refractivity contribution in [1.82, 2.24) is 14.8 Å². The molecule has 0 spiro atoms. The number of carbonyl (C=O) groups excluding carboxylic acids is 1. The summed E-state index contributed by atoms with van der Waals surface area (Å²) in [6, 6.07) is 8.65. The van der Waals surface area contributed by atoms with E-state index in [9.17, 15) is 24.1 Å². The van der Waals surface area contributed by atoms with Crippen molar-refractivity contribution in [1.29, 1.82) is 10.5 Å². The van der Waals surface area contributed by atoms with E-state index in [1.54, 1.807) is 6.07 Å². The van der Waals surface area contributed by atoms with Gasteiger partial charge in [-0.1, -0.05) is 17.7 Å². The van der Waals surface area contributed by atoms with Crippen LogP contribution < -0.4 is 20.1 Å². The SMILES string of the molecule is C[C@H](Oc1nc2cc(-c3ccc(F)c4sc(N)c(C#N)c34)c(Cl)c3c2c(c1C#N)N(C1CCCN(C(=O)C(F)F)C1)CCCO3)[C@@H]1CCCN1C. The normalized spacial score (nSPS) is 20.2. The molecule has 266 valence electrons. The number of likely N-dealkylation sites (N-methyl/N-ethyl adjacent to an activating group) is 1. The van der Waals surface area contributed by atoms with Crippen LogP contribution in [0.25, 0.3) is 32.1 Å². The van der Waals surface area contributed by atoms with Gasteiger partial charge in [-0.3, -0.25) is 9.69 Å². The van der Waals surface area contributed by atoms with Gasteiger partial charge in [0.2, 0.25) is 5.88 Å². The Morgan fingerprint density at radius 1 is 1.12 bits per heavy atom. The van der Waals surface area contributed by atoms with Gasteiger partial charge in [-0.15, -0.1) is 11.3 Å². The summed E-state index contributed by atoms with van der Waals surface area (Å²) in [4.78, 5) is 22.8. The van der Waals surface area contributed by atoms with Crippen molar-refractivity contribution in [2.75, 3.05) is 50.5 Å². The van der Waals surface area contributed by atoms with E-state index >= 15 is 4.39 Å². The maximum Gasteiger partial charge on any atom is 0.315 e. The zero-order valence-corrected chi connectivity index (χ0v) is 29.6. The van der Waals surface area contributed by atoms with Crippen LogP contribution in [-0.2, 0) is 4.79 Å². The molecular formula is C36H35ClF3N7O3S. The summed E-state index contributed by atoms with van der Waals surface area (Å²) in [6.45, 7) is 3.73. The molecule has 2 saturated heterocycles. The summed E-state index contributed by atoms with van der Waals surface area (Å²) >= 11 is 8.19. The van der Waals surface area contributed by atoms with Crippen LogP contribution in [0.5, 0.6) is 11.6 Å². The van der Waals surface area contributed by atoms with Gasteiger partial charge in [-0.05, 0) is 70.3 Å². The standard InChI is InChI=1S/C36H35ClF3N7O3S/c1-18(26-7-4-10-45(26)2)50-35-23(16-42)30-28-25(44-35)14-21(20-8-9-24(38)32-27(20)22(15-41)34(43)51-32)29(37)31(28)49-13-5-12-47(30)19-6-3-11-46(17-19)36(48)33(39)40/h8-9,14,18-19,26,33H,3-7,10-13,17,43H2,1-2H3/t18-,19?,26-/m0/s1. The molecule has 1 unspecified atom stereocenters. The number of carbonyl (C=O) groups is 1. The molecule has 0 bridgehead atoms. The second-order valence-corrected chi connectivity index (χ2v) is 14.7. The number of hydrogen-bond acceptors (Lipinski definition) is 10. The van der Waals surface area contributed by atoms with Crippen LogP contribution in [-0.4, -0.2) is 85.1 Å². The molecule has 2 N–H and O–H groups in total. The van der Waals surface area contributed by atoms with Crippen molar-refractivity contribution >= 4 is 60.5 Å². The monoisotopic (exact) mass is 737 g/mol. The molecule has 4 aromatic rings. The second kappa shape index (κ2) is 13.9. The van der Waals surface area contributed by atoms with E-state index < -0.39 is 24.2 Å². The number of rotatable bonds is 6. The van der Waals surface area contributed by atoms with E-state index in [0.717, 1.165) is 30.7 Å². The predicted molar refractivity (Wildman–Crippen MR) is 190 cm³/mol. The number of hydrogen-bond donors (Lipinski definition) is 1. The summed E-state index contributed by atoms with van der Waals surface area (Å²) in [7, 11) is 2.03. The van der Waals surface area contributed by atoms with E-state index in [4.69, 9.17) is 31.8 Å². The van der Waals surface area contributed by atoms with Gasteiger partial charge in [-0.2, -0.15) is 19.3 Å². The molecule has 15 heteroatoms. The highest BCUT2D eigenvalue weighted by molar-refractivity contribution is 7.23. The van der Waals surface area contributed by atoms with Gasteiger partial charge in [0.1, 0.15) is 40.4 Å².